The third kappa shape index (κ3) is 2.31. The zero-order valence-corrected chi connectivity index (χ0v) is 12.6. The smallest absolute Gasteiger partial charge is 0.142 e. The molecule has 0 bridgehead atoms. The lowest BCUT2D eigenvalue weighted by Crippen LogP contribution is -2.34. The van der Waals surface area contributed by atoms with Gasteiger partial charge in [-0.25, -0.2) is 0 Å². The van der Waals surface area contributed by atoms with Crippen molar-refractivity contribution in [2.45, 2.75) is 52.2 Å². The fraction of sp³-hybridized carbons (Fsp3) is 0.611. The van der Waals surface area contributed by atoms with E-state index in [1.807, 2.05) is 0 Å². The van der Waals surface area contributed by atoms with Gasteiger partial charge in [0.2, 0.25) is 0 Å². The Kier molecular flexibility index (Phi) is 3.68. The number of benzene rings is 1. The molecule has 2 heteroatoms. The van der Waals surface area contributed by atoms with Crippen molar-refractivity contribution in [3.05, 3.63) is 35.4 Å². The van der Waals surface area contributed by atoms with Gasteiger partial charge in [-0.3, -0.25) is 4.79 Å². The van der Waals surface area contributed by atoms with Crippen molar-refractivity contribution in [3.8, 4) is 0 Å². The Morgan fingerprint density at radius 3 is 2.45 bits per heavy atom. The summed E-state index contributed by atoms with van der Waals surface area (Å²) < 4.78 is 5.85. The van der Waals surface area contributed by atoms with Crippen molar-refractivity contribution in [1.29, 1.82) is 0 Å². The number of hydrogen-bond acceptors (Lipinski definition) is 2. The summed E-state index contributed by atoms with van der Waals surface area (Å²) in [6, 6.07) is 8.55. The number of ketones is 1. The van der Waals surface area contributed by atoms with Crippen LogP contribution >= 0.6 is 0 Å². The van der Waals surface area contributed by atoms with E-state index in [1.165, 1.54) is 11.1 Å². The van der Waals surface area contributed by atoms with E-state index in [0.29, 0.717) is 11.7 Å². The number of Topliss-reactive ketones (excluding diaryl/α,β-unsaturated/α-hetero) is 1. The number of hydrogen-bond donors (Lipinski definition) is 0. The highest BCUT2D eigenvalue weighted by Gasteiger charge is 2.43. The summed E-state index contributed by atoms with van der Waals surface area (Å²) in [7, 11) is 0. The Hall–Kier alpha value is -1.15. The maximum atomic E-state index is 12.9. The maximum Gasteiger partial charge on any atom is 0.142 e. The Balaban J connectivity index is 1.76. The average Bonchev–Trinajstić information content (AvgIpc) is 2.71. The summed E-state index contributed by atoms with van der Waals surface area (Å²) in [5.41, 5.74) is 2.79. The summed E-state index contributed by atoms with van der Waals surface area (Å²) in [6.45, 7) is 6.30. The second kappa shape index (κ2) is 5.33. The maximum absolute atomic E-state index is 12.9. The van der Waals surface area contributed by atoms with Gasteiger partial charge in [-0.05, 0) is 50.2 Å². The van der Waals surface area contributed by atoms with Crippen LogP contribution in [0.3, 0.4) is 0 Å². The van der Waals surface area contributed by atoms with Crippen LogP contribution in [0.4, 0.5) is 0 Å². The Labute approximate surface area is 121 Å². The normalized spacial score (nSPS) is 36.6. The van der Waals surface area contributed by atoms with Crippen LogP contribution < -0.4 is 0 Å². The van der Waals surface area contributed by atoms with Gasteiger partial charge in [-0.1, -0.05) is 31.2 Å². The SMILES string of the molecule is CC1OC(C)C(C(=O)C2CCc3ccccc3C2)C1C. The predicted molar refractivity (Wildman–Crippen MR) is 79.6 cm³/mol. The summed E-state index contributed by atoms with van der Waals surface area (Å²) in [4.78, 5) is 12.9. The number of carbonyl (C=O) groups excluding carboxylic acids is 1. The Morgan fingerprint density at radius 2 is 1.80 bits per heavy atom. The lowest BCUT2D eigenvalue weighted by atomic mass is 9.74. The zero-order chi connectivity index (χ0) is 14.3. The van der Waals surface area contributed by atoms with Gasteiger partial charge >= 0.3 is 0 Å². The van der Waals surface area contributed by atoms with Crippen molar-refractivity contribution in [2.75, 3.05) is 0 Å². The molecule has 0 radical (unpaired) electrons. The minimum Gasteiger partial charge on any atom is -0.375 e. The minimum atomic E-state index is 0.0738. The predicted octanol–water partition coefficient (Wildman–Crippen LogP) is 3.42. The van der Waals surface area contributed by atoms with Gasteiger partial charge in [-0.2, -0.15) is 0 Å². The molecule has 1 saturated heterocycles. The van der Waals surface area contributed by atoms with E-state index in [0.717, 1.165) is 19.3 Å². The van der Waals surface area contributed by atoms with Crippen LogP contribution in [0.1, 0.15) is 38.3 Å². The first-order valence-corrected chi connectivity index (χ1v) is 7.84. The van der Waals surface area contributed by atoms with E-state index in [-0.39, 0.29) is 24.0 Å². The second-order valence-electron chi connectivity index (χ2n) is 6.54. The van der Waals surface area contributed by atoms with Crippen LogP contribution in [-0.2, 0) is 22.4 Å². The fourth-order valence-corrected chi connectivity index (χ4v) is 3.97. The molecule has 0 amide bonds. The van der Waals surface area contributed by atoms with E-state index >= 15 is 0 Å². The van der Waals surface area contributed by atoms with Gasteiger partial charge in [0.05, 0.1) is 12.2 Å². The van der Waals surface area contributed by atoms with Crippen molar-refractivity contribution in [1.82, 2.24) is 0 Å². The molecular formula is C18H24O2. The second-order valence-corrected chi connectivity index (χ2v) is 6.54. The molecule has 2 nitrogen and oxygen atoms in total. The third-order valence-electron chi connectivity index (χ3n) is 5.32. The van der Waals surface area contributed by atoms with Crippen molar-refractivity contribution in [3.63, 3.8) is 0 Å². The molecule has 1 aromatic rings. The molecule has 2 aliphatic rings. The van der Waals surface area contributed by atoms with Crippen molar-refractivity contribution < 1.29 is 9.53 Å². The first-order valence-electron chi connectivity index (χ1n) is 7.84. The standard InChI is InChI=1S/C18H24O2/c1-11-12(2)20-13(3)17(11)18(19)16-9-8-14-6-4-5-7-15(14)10-16/h4-7,11-13,16-17H,8-10H2,1-3H3. The van der Waals surface area contributed by atoms with E-state index in [1.54, 1.807) is 0 Å². The van der Waals surface area contributed by atoms with Crippen molar-refractivity contribution >= 4 is 5.78 Å². The molecule has 0 aromatic heterocycles. The third-order valence-corrected chi connectivity index (χ3v) is 5.32. The van der Waals surface area contributed by atoms with Crippen LogP contribution in [0, 0.1) is 17.8 Å². The molecule has 1 aliphatic heterocycles. The summed E-state index contributed by atoms with van der Waals surface area (Å²) in [5.74, 6) is 1.05. The van der Waals surface area contributed by atoms with Gasteiger partial charge in [0.15, 0.2) is 0 Å². The number of carbonyl (C=O) groups is 1. The molecule has 1 aliphatic carbocycles. The number of fused-ring (bicyclic) bond motifs is 1. The summed E-state index contributed by atoms with van der Waals surface area (Å²) >= 11 is 0. The highest BCUT2D eigenvalue weighted by atomic mass is 16.5. The highest BCUT2D eigenvalue weighted by Crippen LogP contribution is 2.37. The van der Waals surface area contributed by atoms with Gasteiger partial charge in [0, 0.05) is 11.8 Å². The molecule has 5 unspecified atom stereocenters. The minimum absolute atomic E-state index is 0.0738. The van der Waals surface area contributed by atoms with Gasteiger partial charge < -0.3 is 4.74 Å². The number of aryl methyl sites for hydroxylation is 1. The molecule has 0 saturated carbocycles. The molecule has 20 heavy (non-hydrogen) atoms. The topological polar surface area (TPSA) is 26.3 Å². The first kappa shape index (κ1) is 13.8. The average molecular weight is 272 g/mol. The number of ether oxygens (including phenoxy) is 1. The van der Waals surface area contributed by atoms with E-state index in [2.05, 4.69) is 45.0 Å². The number of rotatable bonds is 2. The Morgan fingerprint density at radius 1 is 1.10 bits per heavy atom. The molecular weight excluding hydrogens is 248 g/mol. The summed E-state index contributed by atoms with van der Waals surface area (Å²) in [5, 5.41) is 0. The molecule has 108 valence electrons. The zero-order valence-electron chi connectivity index (χ0n) is 12.6. The molecule has 0 N–H and O–H groups in total. The van der Waals surface area contributed by atoms with Gasteiger partial charge in [-0.15, -0.1) is 0 Å². The monoisotopic (exact) mass is 272 g/mol. The van der Waals surface area contributed by atoms with Crippen LogP contribution in [0.25, 0.3) is 0 Å². The molecule has 1 aromatic carbocycles. The Bertz CT molecular complexity index is 508. The van der Waals surface area contributed by atoms with E-state index in [4.69, 9.17) is 4.74 Å². The van der Waals surface area contributed by atoms with Crippen LogP contribution in [0.15, 0.2) is 24.3 Å². The molecule has 0 spiro atoms. The van der Waals surface area contributed by atoms with Crippen molar-refractivity contribution in [2.24, 2.45) is 17.8 Å². The molecule has 1 heterocycles. The van der Waals surface area contributed by atoms with Crippen LogP contribution in [-0.4, -0.2) is 18.0 Å². The largest absolute Gasteiger partial charge is 0.375 e. The highest BCUT2D eigenvalue weighted by molar-refractivity contribution is 5.85. The lowest BCUT2D eigenvalue weighted by Gasteiger charge is -2.28. The van der Waals surface area contributed by atoms with E-state index in [9.17, 15) is 4.79 Å². The fourth-order valence-electron chi connectivity index (χ4n) is 3.97. The van der Waals surface area contributed by atoms with Crippen LogP contribution in [0.5, 0.6) is 0 Å². The van der Waals surface area contributed by atoms with Crippen LogP contribution in [0.2, 0.25) is 0 Å². The molecule has 3 rings (SSSR count). The van der Waals surface area contributed by atoms with Gasteiger partial charge in [0.1, 0.15) is 5.78 Å². The molecule has 1 fully saturated rings. The summed E-state index contributed by atoms with van der Waals surface area (Å²) in [6.07, 6.45) is 3.23. The lowest BCUT2D eigenvalue weighted by molar-refractivity contribution is -0.129. The molecule has 5 atom stereocenters. The van der Waals surface area contributed by atoms with E-state index < -0.39 is 0 Å². The van der Waals surface area contributed by atoms with Gasteiger partial charge in [0.25, 0.3) is 0 Å². The first-order chi connectivity index (χ1) is 9.58. The quantitative estimate of drug-likeness (QED) is 0.824.